The number of rotatable bonds is 4. The number of ether oxygens (including phenoxy) is 1. The van der Waals surface area contributed by atoms with Crippen molar-refractivity contribution in [2.45, 2.75) is 12.8 Å². The highest BCUT2D eigenvalue weighted by molar-refractivity contribution is 5.94. The van der Waals surface area contributed by atoms with E-state index >= 15 is 0 Å². The molecule has 0 aromatic heterocycles. The first-order chi connectivity index (χ1) is 9.76. The second-order valence-corrected chi connectivity index (χ2v) is 4.51. The van der Waals surface area contributed by atoms with E-state index in [-0.39, 0.29) is 5.57 Å². The van der Waals surface area contributed by atoms with Crippen molar-refractivity contribution in [3.8, 4) is 6.07 Å². The van der Waals surface area contributed by atoms with Gasteiger partial charge in [0.05, 0.1) is 7.11 Å². The first-order valence-electron chi connectivity index (χ1n) is 6.56. The number of esters is 1. The van der Waals surface area contributed by atoms with Crippen LogP contribution in [0.2, 0.25) is 0 Å². The number of carbonyl (C=O) groups excluding carboxylic acids is 1. The van der Waals surface area contributed by atoms with Crippen LogP contribution in [0.1, 0.15) is 12.8 Å². The number of anilines is 1. The molecular formula is C15H17N3O2. The maximum atomic E-state index is 11.8. The Morgan fingerprint density at radius 2 is 1.95 bits per heavy atom. The molecule has 0 radical (unpaired) electrons. The Bertz CT molecular complexity index is 540. The monoisotopic (exact) mass is 271 g/mol. The summed E-state index contributed by atoms with van der Waals surface area (Å²) in [5, 5.41) is 12.4. The van der Waals surface area contributed by atoms with E-state index in [0.717, 1.165) is 31.6 Å². The summed E-state index contributed by atoms with van der Waals surface area (Å²) in [5.74, 6) is -0.0825. The predicted octanol–water partition coefficient (Wildman–Crippen LogP) is 2.10. The molecule has 20 heavy (non-hydrogen) atoms. The van der Waals surface area contributed by atoms with E-state index in [1.54, 1.807) is 0 Å². The summed E-state index contributed by atoms with van der Waals surface area (Å²) in [6.45, 7) is 1.66. The lowest BCUT2D eigenvalue weighted by Crippen LogP contribution is -2.27. The summed E-state index contributed by atoms with van der Waals surface area (Å²) in [5.41, 5.74) is 0.851. The van der Waals surface area contributed by atoms with E-state index in [2.05, 4.69) is 5.32 Å². The summed E-state index contributed by atoms with van der Waals surface area (Å²) < 4.78 is 4.70. The fourth-order valence-corrected chi connectivity index (χ4v) is 2.20. The highest BCUT2D eigenvalue weighted by Crippen LogP contribution is 2.21. The number of nitrogens with zero attached hydrogens (tertiary/aromatic N) is 2. The molecule has 104 valence electrons. The SMILES string of the molecule is COC(=O)/C(C#N)=C(\Nc1ccccc1)N1CCCC1. The summed E-state index contributed by atoms with van der Waals surface area (Å²) >= 11 is 0. The molecule has 1 heterocycles. The molecule has 5 heteroatoms. The van der Waals surface area contributed by atoms with Crippen molar-refractivity contribution in [2.24, 2.45) is 0 Å². The van der Waals surface area contributed by atoms with Crippen molar-refractivity contribution >= 4 is 11.7 Å². The maximum Gasteiger partial charge on any atom is 0.352 e. The van der Waals surface area contributed by atoms with Crippen molar-refractivity contribution in [1.29, 1.82) is 5.26 Å². The number of methoxy groups -OCH3 is 1. The quantitative estimate of drug-likeness (QED) is 0.516. The Hall–Kier alpha value is -2.48. The molecule has 0 unspecified atom stereocenters. The molecule has 1 aromatic rings. The minimum absolute atomic E-state index is 0.0123. The third kappa shape index (κ3) is 3.09. The number of carbonyl (C=O) groups is 1. The van der Waals surface area contributed by atoms with Crippen LogP contribution in [0.5, 0.6) is 0 Å². The Balaban J connectivity index is 2.36. The number of benzene rings is 1. The van der Waals surface area contributed by atoms with Gasteiger partial charge in [-0.3, -0.25) is 0 Å². The number of nitrogens with one attached hydrogen (secondary N) is 1. The summed E-state index contributed by atoms with van der Waals surface area (Å²) in [6, 6.07) is 11.4. The van der Waals surface area contributed by atoms with Gasteiger partial charge >= 0.3 is 5.97 Å². The minimum Gasteiger partial charge on any atom is -0.465 e. The van der Waals surface area contributed by atoms with Crippen LogP contribution in [0.4, 0.5) is 5.69 Å². The van der Waals surface area contributed by atoms with E-state index in [9.17, 15) is 10.1 Å². The van der Waals surface area contributed by atoms with Crippen molar-refractivity contribution in [2.75, 3.05) is 25.5 Å². The first-order valence-corrected chi connectivity index (χ1v) is 6.56. The van der Waals surface area contributed by atoms with Gasteiger partial charge in [0.1, 0.15) is 11.9 Å². The molecule has 2 rings (SSSR count). The molecule has 0 amide bonds. The Morgan fingerprint density at radius 3 is 2.50 bits per heavy atom. The largest absolute Gasteiger partial charge is 0.465 e. The van der Waals surface area contributed by atoms with Crippen molar-refractivity contribution < 1.29 is 9.53 Å². The van der Waals surface area contributed by atoms with Crippen LogP contribution in [-0.2, 0) is 9.53 Å². The molecule has 5 nitrogen and oxygen atoms in total. The van der Waals surface area contributed by atoms with Crippen LogP contribution in [0.25, 0.3) is 0 Å². The van der Waals surface area contributed by atoms with Gasteiger partial charge in [-0.1, -0.05) is 18.2 Å². The number of para-hydroxylation sites is 1. The zero-order valence-electron chi connectivity index (χ0n) is 11.4. The average Bonchev–Trinajstić information content (AvgIpc) is 3.01. The molecule has 0 bridgehead atoms. The van der Waals surface area contributed by atoms with Gasteiger partial charge in [-0.15, -0.1) is 0 Å². The molecule has 1 aliphatic rings. The lowest BCUT2D eigenvalue weighted by Gasteiger charge is -2.23. The molecule has 1 saturated heterocycles. The highest BCUT2D eigenvalue weighted by atomic mass is 16.5. The molecule has 0 spiro atoms. The van der Waals surface area contributed by atoms with Gasteiger partial charge in [0.2, 0.25) is 0 Å². The van der Waals surface area contributed by atoms with Crippen molar-refractivity contribution in [3.05, 3.63) is 41.7 Å². The van der Waals surface area contributed by atoms with Gasteiger partial charge in [-0.2, -0.15) is 5.26 Å². The molecule has 1 fully saturated rings. The Morgan fingerprint density at radius 1 is 1.30 bits per heavy atom. The van der Waals surface area contributed by atoms with E-state index in [1.165, 1.54) is 7.11 Å². The van der Waals surface area contributed by atoms with Gasteiger partial charge in [-0.25, -0.2) is 4.79 Å². The van der Waals surface area contributed by atoms with Gasteiger partial charge in [0.15, 0.2) is 5.57 Å². The van der Waals surface area contributed by atoms with Gasteiger partial charge in [-0.05, 0) is 25.0 Å². The fourth-order valence-electron chi connectivity index (χ4n) is 2.20. The lowest BCUT2D eigenvalue weighted by atomic mass is 10.2. The molecule has 1 aromatic carbocycles. The standard InChI is InChI=1S/C15H17N3O2/c1-20-15(19)13(11-16)14(18-9-5-6-10-18)17-12-7-3-2-4-8-12/h2-4,7-8,17H,5-6,9-10H2,1H3/b14-13+. The third-order valence-corrected chi connectivity index (χ3v) is 3.20. The van der Waals surface area contributed by atoms with Crippen molar-refractivity contribution in [1.82, 2.24) is 4.90 Å². The zero-order valence-corrected chi connectivity index (χ0v) is 11.4. The van der Waals surface area contributed by atoms with E-state index < -0.39 is 5.97 Å². The van der Waals surface area contributed by atoms with E-state index in [0.29, 0.717) is 5.82 Å². The number of likely N-dealkylation sites (tertiary alicyclic amines) is 1. The zero-order chi connectivity index (χ0) is 14.4. The fraction of sp³-hybridized carbons (Fsp3) is 0.333. The Kier molecular flexibility index (Phi) is 4.61. The van der Waals surface area contributed by atoms with Gasteiger partial charge in [0.25, 0.3) is 0 Å². The summed E-state index contributed by atoms with van der Waals surface area (Å²) in [6.07, 6.45) is 2.11. The van der Waals surface area contributed by atoms with Crippen LogP contribution in [0.15, 0.2) is 41.7 Å². The van der Waals surface area contributed by atoms with Gasteiger partial charge in [0, 0.05) is 18.8 Å². The Labute approximate surface area is 118 Å². The van der Waals surface area contributed by atoms with Crippen LogP contribution in [0.3, 0.4) is 0 Å². The van der Waals surface area contributed by atoms with Gasteiger partial charge < -0.3 is 15.0 Å². The van der Waals surface area contributed by atoms with Crippen LogP contribution in [0, 0.1) is 11.3 Å². The predicted molar refractivity (Wildman–Crippen MR) is 75.5 cm³/mol. The molecule has 0 aliphatic carbocycles. The summed E-state index contributed by atoms with van der Waals surface area (Å²) in [4.78, 5) is 13.8. The molecule has 0 atom stereocenters. The average molecular weight is 271 g/mol. The number of hydrogen-bond acceptors (Lipinski definition) is 5. The third-order valence-electron chi connectivity index (χ3n) is 3.20. The second-order valence-electron chi connectivity index (χ2n) is 4.51. The summed E-state index contributed by atoms with van der Waals surface area (Å²) in [7, 11) is 1.28. The smallest absolute Gasteiger partial charge is 0.352 e. The lowest BCUT2D eigenvalue weighted by molar-refractivity contribution is -0.135. The van der Waals surface area contributed by atoms with Crippen LogP contribution in [-0.4, -0.2) is 31.1 Å². The molecule has 1 aliphatic heterocycles. The minimum atomic E-state index is -0.613. The van der Waals surface area contributed by atoms with E-state index in [1.807, 2.05) is 41.3 Å². The van der Waals surface area contributed by atoms with Crippen molar-refractivity contribution in [3.63, 3.8) is 0 Å². The second kappa shape index (κ2) is 6.62. The van der Waals surface area contributed by atoms with E-state index in [4.69, 9.17) is 4.74 Å². The highest BCUT2D eigenvalue weighted by Gasteiger charge is 2.23. The topological polar surface area (TPSA) is 65.4 Å². The number of nitriles is 1. The maximum absolute atomic E-state index is 11.8. The molecular weight excluding hydrogens is 254 g/mol. The first kappa shape index (κ1) is 13.9. The molecule has 1 N–H and O–H groups in total. The normalized spacial score (nSPS) is 15.3. The van der Waals surface area contributed by atoms with Crippen LogP contribution >= 0.6 is 0 Å². The number of hydrogen-bond donors (Lipinski definition) is 1. The molecule has 0 saturated carbocycles. The van der Waals surface area contributed by atoms with Crippen LogP contribution < -0.4 is 5.32 Å².